The van der Waals surface area contributed by atoms with E-state index >= 15 is 0 Å². The molecule has 2 aromatic rings. The summed E-state index contributed by atoms with van der Waals surface area (Å²) in [5, 5.41) is 0. The highest BCUT2D eigenvalue weighted by Gasteiger charge is 2.16. The summed E-state index contributed by atoms with van der Waals surface area (Å²) < 4.78 is 39.7. The first-order valence-electron chi connectivity index (χ1n) is 6.94. The van der Waals surface area contributed by atoms with Gasteiger partial charge in [-0.05, 0) is 48.7 Å². The lowest BCUT2D eigenvalue weighted by Crippen LogP contribution is -2.26. The Morgan fingerprint density at radius 3 is 2.43 bits per heavy atom. The molecule has 0 saturated carbocycles. The summed E-state index contributed by atoms with van der Waals surface area (Å²) in [6.45, 7) is 1.84. The summed E-state index contributed by atoms with van der Waals surface area (Å²) in [5.41, 5.74) is 6.83. The fourth-order valence-corrected chi connectivity index (χ4v) is 3.16. The lowest BCUT2D eigenvalue weighted by atomic mass is 10.1. The predicted molar refractivity (Wildman–Crippen MR) is 85.0 cm³/mol. The van der Waals surface area contributed by atoms with E-state index in [0.717, 1.165) is 5.56 Å². The maximum absolute atomic E-state index is 12.8. The molecule has 122 valence electrons. The standard InChI is InChI=1S/C16H17FN2O3S/c1-11-2-7-14(10-15(11)16(18)20)23(21,22)19-9-8-12-3-5-13(17)6-4-12/h2-7,10,19H,8-9H2,1H3,(H2,18,20). The number of benzene rings is 2. The number of hydrogen-bond donors (Lipinski definition) is 2. The lowest BCUT2D eigenvalue weighted by Gasteiger charge is -2.09. The largest absolute Gasteiger partial charge is 0.366 e. The van der Waals surface area contributed by atoms with Crippen LogP contribution < -0.4 is 10.5 Å². The van der Waals surface area contributed by atoms with E-state index in [1.54, 1.807) is 19.1 Å². The van der Waals surface area contributed by atoms with Crippen LogP contribution in [0.2, 0.25) is 0 Å². The first-order valence-corrected chi connectivity index (χ1v) is 8.42. The molecule has 23 heavy (non-hydrogen) atoms. The summed E-state index contributed by atoms with van der Waals surface area (Å²) in [7, 11) is -3.74. The van der Waals surface area contributed by atoms with Gasteiger partial charge in [0.25, 0.3) is 0 Å². The first kappa shape index (κ1) is 17.1. The van der Waals surface area contributed by atoms with Crippen molar-refractivity contribution in [1.29, 1.82) is 0 Å². The fraction of sp³-hybridized carbons (Fsp3) is 0.188. The molecule has 7 heteroatoms. The second-order valence-electron chi connectivity index (χ2n) is 5.12. The number of carbonyl (C=O) groups is 1. The predicted octanol–water partition coefficient (Wildman–Crippen LogP) is 1.75. The Morgan fingerprint density at radius 2 is 1.83 bits per heavy atom. The average molecular weight is 336 g/mol. The number of nitrogens with two attached hydrogens (primary N) is 1. The molecule has 1 amide bonds. The monoisotopic (exact) mass is 336 g/mol. The van der Waals surface area contributed by atoms with Crippen molar-refractivity contribution in [2.75, 3.05) is 6.54 Å². The summed E-state index contributed by atoms with van der Waals surface area (Å²) in [6.07, 6.45) is 0.425. The molecule has 0 saturated heterocycles. The molecule has 0 fully saturated rings. The molecule has 2 rings (SSSR count). The van der Waals surface area contributed by atoms with Gasteiger partial charge in [0.1, 0.15) is 5.82 Å². The zero-order valence-corrected chi connectivity index (χ0v) is 13.4. The van der Waals surface area contributed by atoms with Gasteiger partial charge in [0.15, 0.2) is 0 Å². The molecule has 0 aliphatic carbocycles. The topological polar surface area (TPSA) is 89.3 Å². The molecule has 0 aromatic heterocycles. The number of nitrogens with one attached hydrogen (secondary N) is 1. The van der Waals surface area contributed by atoms with E-state index in [2.05, 4.69) is 4.72 Å². The average Bonchev–Trinajstić information content (AvgIpc) is 2.49. The number of sulfonamides is 1. The minimum Gasteiger partial charge on any atom is -0.366 e. The van der Waals surface area contributed by atoms with Gasteiger partial charge in [-0.1, -0.05) is 18.2 Å². The molecule has 2 aromatic carbocycles. The van der Waals surface area contributed by atoms with E-state index in [0.29, 0.717) is 12.0 Å². The molecule has 0 aliphatic rings. The zero-order valence-electron chi connectivity index (χ0n) is 12.5. The smallest absolute Gasteiger partial charge is 0.249 e. The van der Waals surface area contributed by atoms with Crippen LogP contribution in [-0.4, -0.2) is 20.9 Å². The van der Waals surface area contributed by atoms with Gasteiger partial charge in [-0.15, -0.1) is 0 Å². The maximum Gasteiger partial charge on any atom is 0.249 e. The van der Waals surface area contributed by atoms with E-state index in [1.807, 2.05) is 0 Å². The van der Waals surface area contributed by atoms with Crippen LogP contribution in [0.15, 0.2) is 47.4 Å². The van der Waals surface area contributed by atoms with Crippen molar-refractivity contribution in [2.45, 2.75) is 18.2 Å². The Balaban J connectivity index is 2.08. The van der Waals surface area contributed by atoms with Crippen molar-refractivity contribution in [3.8, 4) is 0 Å². The third-order valence-electron chi connectivity index (χ3n) is 3.40. The molecule has 0 aliphatic heterocycles. The van der Waals surface area contributed by atoms with Gasteiger partial charge in [0.05, 0.1) is 4.90 Å². The Hall–Kier alpha value is -2.25. The second-order valence-corrected chi connectivity index (χ2v) is 6.88. The van der Waals surface area contributed by atoms with Crippen LogP contribution in [0.1, 0.15) is 21.5 Å². The molecule has 0 spiro atoms. The third-order valence-corrected chi connectivity index (χ3v) is 4.86. The van der Waals surface area contributed by atoms with Crippen molar-refractivity contribution >= 4 is 15.9 Å². The van der Waals surface area contributed by atoms with E-state index in [9.17, 15) is 17.6 Å². The van der Waals surface area contributed by atoms with Crippen LogP contribution in [0.4, 0.5) is 4.39 Å². The molecule has 0 radical (unpaired) electrons. The third kappa shape index (κ3) is 4.37. The summed E-state index contributed by atoms with van der Waals surface area (Å²) in [6, 6.07) is 10.1. The van der Waals surface area contributed by atoms with Crippen molar-refractivity contribution in [2.24, 2.45) is 5.73 Å². The van der Waals surface area contributed by atoms with E-state index in [-0.39, 0.29) is 22.8 Å². The van der Waals surface area contributed by atoms with Gasteiger partial charge < -0.3 is 5.73 Å². The van der Waals surface area contributed by atoms with Gasteiger partial charge in [-0.25, -0.2) is 17.5 Å². The van der Waals surface area contributed by atoms with Gasteiger partial charge in [0.2, 0.25) is 15.9 Å². The van der Waals surface area contributed by atoms with E-state index < -0.39 is 15.9 Å². The molecule has 3 N–H and O–H groups in total. The fourth-order valence-electron chi connectivity index (χ4n) is 2.10. The molecule has 5 nitrogen and oxygen atoms in total. The van der Waals surface area contributed by atoms with Gasteiger partial charge in [-0.2, -0.15) is 0 Å². The number of halogens is 1. The van der Waals surface area contributed by atoms with E-state index in [4.69, 9.17) is 5.73 Å². The summed E-state index contributed by atoms with van der Waals surface area (Å²) in [4.78, 5) is 11.3. The lowest BCUT2D eigenvalue weighted by molar-refractivity contribution is 0.0999. The van der Waals surface area contributed by atoms with Crippen molar-refractivity contribution in [3.63, 3.8) is 0 Å². The number of amides is 1. The van der Waals surface area contributed by atoms with Crippen molar-refractivity contribution in [1.82, 2.24) is 4.72 Å². The van der Waals surface area contributed by atoms with Crippen LogP contribution in [0, 0.1) is 12.7 Å². The van der Waals surface area contributed by atoms with E-state index in [1.165, 1.54) is 30.3 Å². The molecular formula is C16H17FN2O3S. The van der Waals surface area contributed by atoms with Crippen LogP contribution in [0.5, 0.6) is 0 Å². The molecule has 0 atom stereocenters. The minimum absolute atomic E-state index is 0.0176. The van der Waals surface area contributed by atoms with Crippen molar-refractivity contribution in [3.05, 3.63) is 65.0 Å². The van der Waals surface area contributed by atoms with Gasteiger partial charge >= 0.3 is 0 Å². The number of carbonyl (C=O) groups excluding carboxylic acids is 1. The maximum atomic E-state index is 12.8. The number of aryl methyl sites for hydroxylation is 1. The second kappa shape index (κ2) is 6.89. The van der Waals surface area contributed by atoms with Crippen molar-refractivity contribution < 1.29 is 17.6 Å². The molecule has 0 heterocycles. The Bertz CT molecular complexity index is 818. The van der Waals surface area contributed by atoms with Crippen LogP contribution >= 0.6 is 0 Å². The first-order chi connectivity index (χ1) is 10.8. The molecular weight excluding hydrogens is 319 g/mol. The number of rotatable bonds is 6. The number of hydrogen-bond acceptors (Lipinski definition) is 3. The van der Waals surface area contributed by atoms with Gasteiger partial charge in [0, 0.05) is 12.1 Å². The highest BCUT2D eigenvalue weighted by atomic mass is 32.2. The quantitative estimate of drug-likeness (QED) is 0.842. The Kier molecular flexibility index (Phi) is 5.12. The normalized spacial score (nSPS) is 11.4. The minimum atomic E-state index is -3.74. The zero-order chi connectivity index (χ0) is 17.0. The van der Waals surface area contributed by atoms with Crippen LogP contribution in [0.3, 0.4) is 0 Å². The molecule has 0 unspecified atom stereocenters. The SMILES string of the molecule is Cc1ccc(S(=O)(=O)NCCc2ccc(F)cc2)cc1C(N)=O. The highest BCUT2D eigenvalue weighted by Crippen LogP contribution is 2.15. The molecule has 0 bridgehead atoms. The van der Waals surface area contributed by atoms with Gasteiger partial charge in [-0.3, -0.25) is 4.79 Å². The van der Waals surface area contributed by atoms with Crippen LogP contribution in [-0.2, 0) is 16.4 Å². The Morgan fingerprint density at radius 1 is 1.17 bits per heavy atom. The summed E-state index contributed by atoms with van der Waals surface area (Å²) in [5.74, 6) is -1.01. The summed E-state index contributed by atoms with van der Waals surface area (Å²) >= 11 is 0. The number of primary amides is 1. The van der Waals surface area contributed by atoms with Crippen LogP contribution in [0.25, 0.3) is 0 Å². The highest BCUT2D eigenvalue weighted by molar-refractivity contribution is 7.89. The Labute approximate surface area is 134 Å².